The molecule has 0 spiro atoms. The summed E-state index contributed by atoms with van der Waals surface area (Å²) in [4.78, 5) is 12.7. The summed E-state index contributed by atoms with van der Waals surface area (Å²) < 4.78 is 66.1. The maximum atomic E-state index is 13.8. The van der Waals surface area contributed by atoms with Crippen LogP contribution in [-0.2, 0) is 6.18 Å². The summed E-state index contributed by atoms with van der Waals surface area (Å²) in [5.41, 5.74) is -2.14. The fraction of sp³-hybridized carbons (Fsp3) is 0.190. The number of hydrogen-bond donors (Lipinski definition) is 1. The van der Waals surface area contributed by atoms with Crippen LogP contribution in [0.1, 0.15) is 34.9 Å². The molecule has 11 heteroatoms. The fourth-order valence-corrected chi connectivity index (χ4v) is 3.24. The molecule has 7 nitrogen and oxygen atoms in total. The lowest BCUT2D eigenvalue weighted by Crippen LogP contribution is -2.29. The van der Waals surface area contributed by atoms with E-state index in [0.717, 1.165) is 12.1 Å². The van der Waals surface area contributed by atoms with Gasteiger partial charge in [0.15, 0.2) is 22.7 Å². The zero-order valence-corrected chi connectivity index (χ0v) is 16.8. The Morgan fingerprint density at radius 2 is 1.94 bits per heavy atom. The lowest BCUT2D eigenvalue weighted by molar-refractivity contribution is -0.143. The third kappa shape index (κ3) is 3.88. The molecular formula is C21H16F4N4O3. The van der Waals surface area contributed by atoms with Gasteiger partial charge >= 0.3 is 6.18 Å². The predicted octanol–water partition coefficient (Wildman–Crippen LogP) is 4.67. The number of hydrogen-bond acceptors (Lipinski definition) is 5. The number of nitrogens with one attached hydrogen (secondary N) is 1. The van der Waals surface area contributed by atoms with Crippen LogP contribution in [0.25, 0.3) is 16.7 Å². The molecule has 0 radical (unpaired) electrons. The first-order valence-electron chi connectivity index (χ1n) is 9.35. The van der Waals surface area contributed by atoms with Crippen molar-refractivity contribution in [2.75, 3.05) is 7.11 Å². The summed E-state index contributed by atoms with van der Waals surface area (Å²) in [6.45, 7) is 1.55. The molecule has 0 aliphatic carbocycles. The van der Waals surface area contributed by atoms with Gasteiger partial charge in [-0.25, -0.2) is 9.07 Å². The summed E-state index contributed by atoms with van der Waals surface area (Å²) in [6, 6.07) is 10.5. The summed E-state index contributed by atoms with van der Waals surface area (Å²) >= 11 is 0. The summed E-state index contributed by atoms with van der Waals surface area (Å²) in [6.07, 6.45) is -4.97. The standard InChI is InChI=1S/C21H16F4N4O3/c1-11(16-9-12-5-3-8-15(31-2)18(12)32-16)26-20(30)17-19(21(23,24)25)29(28-27-17)14-7-4-6-13(22)10-14/h3-11H,1-2H3,(H,26,30). The number of halogens is 4. The van der Waals surface area contributed by atoms with Crippen molar-refractivity contribution in [2.24, 2.45) is 0 Å². The Morgan fingerprint density at radius 1 is 1.19 bits per heavy atom. The SMILES string of the molecule is COc1cccc2cc(C(C)NC(=O)c3nnn(-c4cccc(F)c4)c3C(F)(F)F)oc12. The first-order chi connectivity index (χ1) is 15.2. The van der Waals surface area contributed by atoms with Crippen LogP contribution in [0.15, 0.2) is 52.9 Å². The van der Waals surface area contributed by atoms with Crippen molar-refractivity contribution in [3.63, 3.8) is 0 Å². The number of carbonyl (C=O) groups is 1. The number of methoxy groups -OCH3 is 1. The normalized spacial score (nSPS) is 12.7. The van der Waals surface area contributed by atoms with E-state index in [1.54, 1.807) is 31.2 Å². The highest BCUT2D eigenvalue weighted by Crippen LogP contribution is 2.34. The number of para-hydroxylation sites is 1. The van der Waals surface area contributed by atoms with Gasteiger partial charge in [0.1, 0.15) is 11.6 Å². The second kappa shape index (κ2) is 7.98. The molecule has 1 N–H and O–H groups in total. The van der Waals surface area contributed by atoms with Crippen molar-refractivity contribution in [1.29, 1.82) is 0 Å². The number of nitrogens with zero attached hydrogens (tertiary/aromatic N) is 3. The molecule has 2 aromatic heterocycles. The van der Waals surface area contributed by atoms with Crippen LogP contribution in [0.3, 0.4) is 0 Å². The summed E-state index contributed by atoms with van der Waals surface area (Å²) in [5.74, 6) is -1.08. The van der Waals surface area contributed by atoms with Gasteiger partial charge in [-0.1, -0.05) is 23.4 Å². The van der Waals surface area contributed by atoms with E-state index in [4.69, 9.17) is 9.15 Å². The number of fused-ring (bicyclic) bond motifs is 1. The molecule has 0 bridgehead atoms. The Balaban J connectivity index is 1.66. The van der Waals surface area contributed by atoms with Crippen molar-refractivity contribution in [2.45, 2.75) is 19.1 Å². The van der Waals surface area contributed by atoms with Crippen LogP contribution in [0.4, 0.5) is 17.6 Å². The van der Waals surface area contributed by atoms with Gasteiger partial charge in [-0.3, -0.25) is 4.79 Å². The van der Waals surface area contributed by atoms with E-state index >= 15 is 0 Å². The Bertz CT molecular complexity index is 1300. The van der Waals surface area contributed by atoms with Gasteiger partial charge in [0.25, 0.3) is 5.91 Å². The highest BCUT2D eigenvalue weighted by atomic mass is 19.4. The number of carbonyl (C=O) groups excluding carboxylic acids is 1. The maximum Gasteiger partial charge on any atom is 0.435 e. The van der Waals surface area contributed by atoms with Crippen LogP contribution in [-0.4, -0.2) is 28.0 Å². The Kier molecular flexibility index (Phi) is 5.33. The summed E-state index contributed by atoms with van der Waals surface area (Å²) in [7, 11) is 1.47. The molecule has 1 atom stereocenters. The molecule has 4 aromatic rings. The van der Waals surface area contributed by atoms with Crippen LogP contribution in [0.5, 0.6) is 5.75 Å². The highest BCUT2D eigenvalue weighted by Gasteiger charge is 2.42. The van der Waals surface area contributed by atoms with Gasteiger partial charge in [-0.05, 0) is 37.3 Å². The van der Waals surface area contributed by atoms with Crippen LogP contribution >= 0.6 is 0 Å². The molecule has 2 heterocycles. The number of alkyl halides is 3. The average Bonchev–Trinajstić information content (AvgIpc) is 3.38. The largest absolute Gasteiger partial charge is 0.493 e. The molecule has 1 amide bonds. The van der Waals surface area contributed by atoms with E-state index in [1.807, 2.05) is 0 Å². The minimum Gasteiger partial charge on any atom is -0.493 e. The maximum absolute atomic E-state index is 13.8. The van der Waals surface area contributed by atoms with Gasteiger partial charge in [0.05, 0.1) is 18.8 Å². The van der Waals surface area contributed by atoms with Crippen molar-refractivity contribution in [3.05, 3.63) is 71.5 Å². The van der Waals surface area contributed by atoms with Crippen molar-refractivity contribution in [1.82, 2.24) is 20.3 Å². The monoisotopic (exact) mass is 448 g/mol. The average molecular weight is 448 g/mol. The molecule has 1 unspecified atom stereocenters. The van der Waals surface area contributed by atoms with Crippen molar-refractivity contribution in [3.8, 4) is 11.4 Å². The second-order valence-corrected chi connectivity index (χ2v) is 6.90. The molecular weight excluding hydrogens is 432 g/mol. The zero-order valence-electron chi connectivity index (χ0n) is 16.8. The second-order valence-electron chi connectivity index (χ2n) is 6.90. The third-order valence-electron chi connectivity index (χ3n) is 4.73. The quantitative estimate of drug-likeness (QED) is 0.449. The van der Waals surface area contributed by atoms with Crippen LogP contribution < -0.4 is 10.1 Å². The van der Waals surface area contributed by atoms with Gasteiger partial charge in [-0.2, -0.15) is 13.2 Å². The molecule has 2 aromatic carbocycles. The third-order valence-corrected chi connectivity index (χ3v) is 4.73. The number of benzene rings is 2. The summed E-state index contributed by atoms with van der Waals surface area (Å²) in [5, 5.41) is 9.98. The number of ether oxygens (including phenoxy) is 1. The lowest BCUT2D eigenvalue weighted by Gasteiger charge is -2.13. The smallest absolute Gasteiger partial charge is 0.435 e. The lowest BCUT2D eigenvalue weighted by atomic mass is 10.2. The Labute approximate surface area is 178 Å². The van der Waals surface area contributed by atoms with Gasteiger partial charge in [-0.15, -0.1) is 5.10 Å². The van der Waals surface area contributed by atoms with E-state index < -0.39 is 35.3 Å². The first-order valence-corrected chi connectivity index (χ1v) is 9.35. The van der Waals surface area contributed by atoms with Crippen molar-refractivity contribution >= 4 is 16.9 Å². The predicted molar refractivity (Wildman–Crippen MR) is 105 cm³/mol. The molecule has 4 rings (SSSR count). The fourth-order valence-electron chi connectivity index (χ4n) is 3.24. The molecule has 0 aliphatic rings. The minimum atomic E-state index is -4.97. The molecule has 166 valence electrons. The molecule has 32 heavy (non-hydrogen) atoms. The van der Waals surface area contributed by atoms with E-state index in [2.05, 4.69) is 15.6 Å². The van der Waals surface area contributed by atoms with E-state index in [1.165, 1.54) is 19.2 Å². The number of aromatic nitrogens is 3. The molecule has 0 aliphatic heterocycles. The molecule has 0 fully saturated rings. The Hall–Kier alpha value is -3.89. The van der Waals surface area contributed by atoms with Gasteiger partial charge < -0.3 is 14.5 Å². The topological polar surface area (TPSA) is 82.2 Å². The van der Waals surface area contributed by atoms with Crippen LogP contribution in [0, 0.1) is 5.82 Å². The zero-order chi connectivity index (χ0) is 23.0. The molecule has 0 saturated heterocycles. The highest BCUT2D eigenvalue weighted by molar-refractivity contribution is 5.94. The number of amides is 1. The van der Waals surface area contributed by atoms with Crippen LogP contribution in [0.2, 0.25) is 0 Å². The first kappa shape index (κ1) is 21.3. The number of rotatable bonds is 5. The minimum absolute atomic E-state index is 0.221. The number of furan rings is 1. The van der Waals surface area contributed by atoms with Gasteiger partial charge in [0.2, 0.25) is 0 Å². The van der Waals surface area contributed by atoms with E-state index in [9.17, 15) is 22.4 Å². The van der Waals surface area contributed by atoms with Gasteiger partial charge in [0, 0.05) is 5.39 Å². The Morgan fingerprint density at radius 3 is 2.62 bits per heavy atom. The van der Waals surface area contributed by atoms with E-state index in [-0.39, 0.29) is 5.69 Å². The molecule has 0 saturated carbocycles. The van der Waals surface area contributed by atoms with E-state index in [0.29, 0.717) is 27.2 Å². The van der Waals surface area contributed by atoms with Crippen molar-refractivity contribution < 1.29 is 31.5 Å².